The van der Waals surface area contributed by atoms with E-state index in [4.69, 9.17) is 5.11 Å². The zero-order chi connectivity index (χ0) is 13.4. The number of hydrogen-bond donors (Lipinski definition) is 2. The van der Waals surface area contributed by atoms with Crippen LogP contribution in [0.25, 0.3) is 0 Å². The summed E-state index contributed by atoms with van der Waals surface area (Å²) in [6, 6.07) is -0.814. The van der Waals surface area contributed by atoms with Gasteiger partial charge in [0, 0.05) is 6.42 Å². The van der Waals surface area contributed by atoms with Crippen molar-refractivity contribution in [3.05, 3.63) is 6.33 Å². The molecule has 1 rings (SSSR count). The average Bonchev–Trinajstić information content (AvgIpc) is 2.84. The number of carboxylic acids is 1. The molecule has 0 saturated heterocycles. The van der Waals surface area contributed by atoms with Gasteiger partial charge in [-0.1, -0.05) is 19.8 Å². The van der Waals surface area contributed by atoms with Crippen LogP contribution < -0.4 is 5.32 Å². The Morgan fingerprint density at radius 2 is 2.28 bits per heavy atom. The Balaban J connectivity index is 2.34. The topological polar surface area (TPSA) is 110 Å². The number of aryl methyl sites for hydroxylation is 1. The predicted octanol–water partition coefficient (Wildman–Crippen LogP) is -0.177. The summed E-state index contributed by atoms with van der Waals surface area (Å²) in [4.78, 5) is 22.5. The van der Waals surface area contributed by atoms with Gasteiger partial charge in [-0.3, -0.25) is 4.79 Å². The van der Waals surface area contributed by atoms with Crippen molar-refractivity contribution >= 4 is 11.9 Å². The van der Waals surface area contributed by atoms with E-state index in [1.54, 1.807) is 0 Å². The fourth-order valence-electron chi connectivity index (χ4n) is 1.43. The summed E-state index contributed by atoms with van der Waals surface area (Å²) in [5.74, 6) is -1.31. The number of carbonyl (C=O) groups excluding carboxylic acids is 1. The van der Waals surface area contributed by atoms with Crippen LogP contribution in [0.4, 0.5) is 0 Å². The fraction of sp³-hybridized carbons (Fsp3) is 0.700. The normalized spacial score (nSPS) is 12.1. The summed E-state index contributed by atoms with van der Waals surface area (Å²) in [5, 5.41) is 21.9. The van der Waals surface area contributed by atoms with Crippen LogP contribution in [0, 0.1) is 0 Å². The van der Waals surface area contributed by atoms with Crippen LogP contribution in [0.1, 0.15) is 32.6 Å². The molecule has 1 amide bonds. The largest absolute Gasteiger partial charge is 0.480 e. The molecule has 0 aliphatic carbocycles. The van der Waals surface area contributed by atoms with Gasteiger partial charge in [0.1, 0.15) is 12.4 Å². The van der Waals surface area contributed by atoms with Gasteiger partial charge in [-0.15, -0.1) is 5.10 Å². The van der Waals surface area contributed by atoms with Crippen LogP contribution in [0.15, 0.2) is 6.33 Å². The Kier molecular flexibility index (Phi) is 5.75. The molecule has 0 spiro atoms. The molecular weight excluding hydrogens is 238 g/mol. The number of hydrogen-bond acceptors (Lipinski definition) is 5. The maximum Gasteiger partial charge on any atom is 0.326 e. The third kappa shape index (κ3) is 4.89. The summed E-state index contributed by atoms with van der Waals surface area (Å²) in [6.07, 6.45) is 3.66. The van der Waals surface area contributed by atoms with Gasteiger partial charge in [0.05, 0.1) is 6.54 Å². The quantitative estimate of drug-likeness (QED) is 0.667. The van der Waals surface area contributed by atoms with Gasteiger partial charge < -0.3 is 10.4 Å². The van der Waals surface area contributed by atoms with Crippen molar-refractivity contribution in [3.63, 3.8) is 0 Å². The molecule has 1 unspecified atom stereocenters. The van der Waals surface area contributed by atoms with Gasteiger partial charge in [0.2, 0.25) is 5.91 Å². The van der Waals surface area contributed by atoms with Crippen molar-refractivity contribution in [2.45, 2.75) is 45.2 Å². The number of nitrogens with zero attached hydrogens (tertiary/aromatic N) is 4. The van der Waals surface area contributed by atoms with Crippen molar-refractivity contribution in [1.82, 2.24) is 25.5 Å². The van der Waals surface area contributed by atoms with Gasteiger partial charge in [-0.25, -0.2) is 9.48 Å². The molecule has 2 N–H and O–H groups in total. The van der Waals surface area contributed by atoms with Crippen LogP contribution in [0.3, 0.4) is 0 Å². The van der Waals surface area contributed by atoms with Crippen LogP contribution in [-0.4, -0.2) is 43.2 Å². The van der Waals surface area contributed by atoms with E-state index in [-0.39, 0.29) is 12.3 Å². The van der Waals surface area contributed by atoms with Gasteiger partial charge in [0.25, 0.3) is 0 Å². The molecular formula is C10H17N5O3. The van der Waals surface area contributed by atoms with Crippen LogP contribution in [0.5, 0.6) is 0 Å². The van der Waals surface area contributed by atoms with Crippen molar-refractivity contribution in [2.75, 3.05) is 0 Å². The van der Waals surface area contributed by atoms with Crippen molar-refractivity contribution in [2.24, 2.45) is 0 Å². The Morgan fingerprint density at radius 3 is 2.83 bits per heavy atom. The van der Waals surface area contributed by atoms with Gasteiger partial charge in [0.15, 0.2) is 0 Å². The van der Waals surface area contributed by atoms with E-state index in [1.807, 2.05) is 6.92 Å². The minimum atomic E-state index is -1.00. The molecule has 0 aliphatic heterocycles. The number of aromatic nitrogens is 4. The maximum absolute atomic E-state index is 11.6. The number of unbranched alkanes of at least 4 members (excludes halogenated alkanes) is 1. The highest BCUT2D eigenvalue weighted by Crippen LogP contribution is 2.01. The Morgan fingerprint density at radius 1 is 1.50 bits per heavy atom. The summed E-state index contributed by atoms with van der Waals surface area (Å²) < 4.78 is 1.42. The summed E-state index contributed by atoms with van der Waals surface area (Å²) in [6.45, 7) is 2.30. The molecule has 0 radical (unpaired) electrons. The fourth-order valence-corrected chi connectivity index (χ4v) is 1.43. The van der Waals surface area contributed by atoms with Gasteiger partial charge in [-0.05, 0) is 16.8 Å². The molecule has 8 heteroatoms. The Hall–Kier alpha value is -1.99. The number of carbonyl (C=O) groups is 2. The van der Waals surface area contributed by atoms with Gasteiger partial charge >= 0.3 is 5.97 Å². The lowest BCUT2D eigenvalue weighted by Crippen LogP contribution is -2.41. The second-order valence-corrected chi connectivity index (χ2v) is 3.92. The summed E-state index contributed by atoms with van der Waals surface area (Å²) >= 11 is 0. The first kappa shape index (κ1) is 14.1. The lowest BCUT2D eigenvalue weighted by Gasteiger charge is -2.13. The molecule has 1 aromatic rings. The average molecular weight is 255 g/mol. The van der Waals surface area contributed by atoms with E-state index in [1.165, 1.54) is 11.0 Å². The first-order chi connectivity index (χ1) is 8.63. The zero-order valence-corrected chi connectivity index (χ0v) is 10.2. The smallest absolute Gasteiger partial charge is 0.326 e. The standard InChI is InChI=1S/C10H17N5O3/c1-2-3-4-8(10(17)18)12-9(16)5-6-15-7-11-13-14-15/h7-8H,2-6H2,1H3,(H,12,16)(H,17,18). The number of rotatable bonds is 8. The van der Waals surface area contributed by atoms with Crippen LogP contribution in [-0.2, 0) is 16.1 Å². The van der Waals surface area contributed by atoms with Gasteiger partial charge in [-0.2, -0.15) is 0 Å². The lowest BCUT2D eigenvalue weighted by molar-refractivity contribution is -0.142. The third-order valence-electron chi connectivity index (χ3n) is 2.44. The van der Waals surface area contributed by atoms with E-state index < -0.39 is 12.0 Å². The molecule has 0 saturated carbocycles. The molecule has 1 aromatic heterocycles. The highest BCUT2D eigenvalue weighted by Gasteiger charge is 2.18. The Bertz CT molecular complexity index is 379. The van der Waals surface area contributed by atoms with Crippen molar-refractivity contribution < 1.29 is 14.7 Å². The third-order valence-corrected chi connectivity index (χ3v) is 2.44. The maximum atomic E-state index is 11.6. The van der Waals surface area contributed by atoms with Crippen molar-refractivity contribution in [1.29, 1.82) is 0 Å². The number of aliphatic carboxylic acids is 1. The van der Waals surface area contributed by atoms with E-state index in [9.17, 15) is 9.59 Å². The van der Waals surface area contributed by atoms with Crippen LogP contribution >= 0.6 is 0 Å². The molecule has 1 heterocycles. The highest BCUT2D eigenvalue weighted by atomic mass is 16.4. The lowest BCUT2D eigenvalue weighted by atomic mass is 10.1. The number of carboxylic acid groups (broad SMARTS) is 1. The summed E-state index contributed by atoms with van der Waals surface area (Å²) in [7, 11) is 0. The molecule has 0 aromatic carbocycles. The highest BCUT2D eigenvalue weighted by molar-refractivity contribution is 5.83. The van der Waals surface area contributed by atoms with Crippen molar-refractivity contribution in [3.8, 4) is 0 Å². The molecule has 8 nitrogen and oxygen atoms in total. The molecule has 0 bridgehead atoms. The number of tetrazole rings is 1. The number of nitrogens with one attached hydrogen (secondary N) is 1. The SMILES string of the molecule is CCCCC(NC(=O)CCn1cnnn1)C(=O)O. The second kappa shape index (κ2) is 7.36. The summed E-state index contributed by atoms with van der Waals surface area (Å²) in [5.41, 5.74) is 0. The van der Waals surface area contributed by atoms with E-state index in [0.29, 0.717) is 13.0 Å². The monoisotopic (exact) mass is 255 g/mol. The second-order valence-electron chi connectivity index (χ2n) is 3.92. The molecule has 18 heavy (non-hydrogen) atoms. The predicted molar refractivity (Wildman–Crippen MR) is 61.5 cm³/mol. The zero-order valence-electron chi connectivity index (χ0n) is 10.2. The van der Waals surface area contributed by atoms with Crippen LogP contribution in [0.2, 0.25) is 0 Å². The molecule has 100 valence electrons. The molecule has 0 aliphatic rings. The minimum absolute atomic E-state index is 0.154. The molecule has 1 atom stereocenters. The minimum Gasteiger partial charge on any atom is -0.480 e. The van der Waals surface area contributed by atoms with E-state index in [0.717, 1.165) is 12.8 Å². The van der Waals surface area contributed by atoms with E-state index >= 15 is 0 Å². The first-order valence-electron chi connectivity index (χ1n) is 5.86. The number of amides is 1. The Labute approximate surface area is 104 Å². The molecule has 0 fully saturated rings. The van der Waals surface area contributed by atoms with E-state index in [2.05, 4.69) is 20.8 Å². The first-order valence-corrected chi connectivity index (χ1v) is 5.86.